The Balaban J connectivity index is 2.04. The third kappa shape index (κ3) is 2.73. The predicted octanol–water partition coefficient (Wildman–Crippen LogP) is 5.25. The number of hydrogen-bond donors (Lipinski definition) is 1. The number of fused-ring (bicyclic) bond motifs is 1. The molecule has 0 saturated carbocycles. The molecule has 0 bridgehead atoms. The minimum Gasteiger partial charge on any atom is -0.306 e. The molecule has 1 atom stereocenters. The average Bonchev–Trinajstić information content (AvgIpc) is 2.90. The van der Waals surface area contributed by atoms with Crippen LogP contribution in [0.4, 0.5) is 0 Å². The van der Waals surface area contributed by atoms with Gasteiger partial charge >= 0.3 is 0 Å². The summed E-state index contributed by atoms with van der Waals surface area (Å²) in [5, 5.41) is 6.09. The standard InChI is InChI=1S/C17H16ClNS/c1-2-19-17(15-9-10-16(18)20-15)14-8-7-12-5-3-4-6-13(12)11-14/h3-11,17,19H,2H2,1H3. The zero-order valence-corrected chi connectivity index (χ0v) is 12.8. The lowest BCUT2D eigenvalue weighted by Crippen LogP contribution is -2.20. The second-order valence-electron chi connectivity index (χ2n) is 4.74. The number of thiophene rings is 1. The van der Waals surface area contributed by atoms with Gasteiger partial charge in [-0.2, -0.15) is 0 Å². The molecule has 0 aliphatic heterocycles. The van der Waals surface area contributed by atoms with Crippen molar-refractivity contribution >= 4 is 33.7 Å². The van der Waals surface area contributed by atoms with Crippen LogP contribution in [-0.2, 0) is 0 Å². The lowest BCUT2D eigenvalue weighted by molar-refractivity contribution is 0.640. The predicted molar refractivity (Wildman–Crippen MR) is 88.8 cm³/mol. The van der Waals surface area contributed by atoms with Crippen LogP contribution in [-0.4, -0.2) is 6.54 Å². The Morgan fingerprint density at radius 1 is 1.05 bits per heavy atom. The van der Waals surface area contributed by atoms with E-state index in [1.54, 1.807) is 11.3 Å². The Hall–Kier alpha value is -1.35. The first kappa shape index (κ1) is 13.6. The molecule has 0 fully saturated rings. The number of benzene rings is 2. The van der Waals surface area contributed by atoms with Crippen molar-refractivity contribution in [2.75, 3.05) is 6.54 Å². The van der Waals surface area contributed by atoms with Crippen LogP contribution in [0.1, 0.15) is 23.4 Å². The zero-order chi connectivity index (χ0) is 13.9. The van der Waals surface area contributed by atoms with Crippen molar-refractivity contribution in [1.29, 1.82) is 0 Å². The van der Waals surface area contributed by atoms with Crippen LogP contribution in [0, 0.1) is 0 Å². The SMILES string of the molecule is CCNC(c1ccc2ccccc2c1)c1ccc(Cl)s1. The molecule has 0 spiro atoms. The molecule has 1 unspecified atom stereocenters. The first-order valence-electron chi connectivity index (χ1n) is 6.75. The molecule has 0 aliphatic carbocycles. The fourth-order valence-electron chi connectivity index (χ4n) is 2.46. The molecule has 3 rings (SSSR count). The van der Waals surface area contributed by atoms with Gasteiger partial charge in [0.2, 0.25) is 0 Å². The summed E-state index contributed by atoms with van der Waals surface area (Å²) in [5.74, 6) is 0. The molecule has 0 radical (unpaired) electrons. The molecule has 3 heteroatoms. The quantitative estimate of drug-likeness (QED) is 0.693. The van der Waals surface area contributed by atoms with E-state index in [1.165, 1.54) is 21.2 Å². The molecule has 1 nitrogen and oxygen atoms in total. The normalized spacial score (nSPS) is 12.7. The van der Waals surface area contributed by atoms with Crippen molar-refractivity contribution in [3.63, 3.8) is 0 Å². The maximum absolute atomic E-state index is 6.08. The van der Waals surface area contributed by atoms with Gasteiger partial charge in [-0.25, -0.2) is 0 Å². The lowest BCUT2D eigenvalue weighted by atomic mass is 10.0. The second-order valence-corrected chi connectivity index (χ2v) is 6.49. The molecule has 2 aromatic carbocycles. The van der Waals surface area contributed by atoms with E-state index in [1.807, 2.05) is 6.07 Å². The minimum absolute atomic E-state index is 0.210. The van der Waals surface area contributed by atoms with Crippen molar-refractivity contribution < 1.29 is 0 Å². The van der Waals surface area contributed by atoms with Gasteiger partial charge in [0.15, 0.2) is 0 Å². The van der Waals surface area contributed by atoms with Gasteiger partial charge in [-0.05, 0) is 41.1 Å². The third-order valence-corrected chi connectivity index (χ3v) is 4.69. The number of hydrogen-bond acceptors (Lipinski definition) is 2. The summed E-state index contributed by atoms with van der Waals surface area (Å²) in [6, 6.07) is 19.4. The summed E-state index contributed by atoms with van der Waals surface area (Å²) < 4.78 is 0.837. The first-order chi connectivity index (χ1) is 9.78. The van der Waals surface area contributed by atoms with Crippen molar-refractivity contribution in [2.45, 2.75) is 13.0 Å². The fraction of sp³-hybridized carbons (Fsp3) is 0.176. The highest BCUT2D eigenvalue weighted by molar-refractivity contribution is 7.16. The Morgan fingerprint density at radius 2 is 1.85 bits per heavy atom. The monoisotopic (exact) mass is 301 g/mol. The van der Waals surface area contributed by atoms with Gasteiger partial charge in [0.25, 0.3) is 0 Å². The second kappa shape index (κ2) is 5.96. The Bertz CT molecular complexity index is 720. The summed E-state index contributed by atoms with van der Waals surface area (Å²) in [6.45, 7) is 3.05. The minimum atomic E-state index is 0.210. The molecule has 0 amide bonds. The number of rotatable bonds is 4. The van der Waals surface area contributed by atoms with Gasteiger partial charge in [-0.3, -0.25) is 0 Å². The maximum atomic E-state index is 6.08. The van der Waals surface area contributed by atoms with Crippen molar-refractivity contribution in [3.05, 3.63) is 69.4 Å². The summed E-state index contributed by atoms with van der Waals surface area (Å²) in [7, 11) is 0. The van der Waals surface area contributed by atoms with Gasteiger partial charge in [-0.1, -0.05) is 54.9 Å². The molecule has 1 aromatic heterocycles. The van der Waals surface area contributed by atoms with Crippen LogP contribution in [0.15, 0.2) is 54.6 Å². The summed E-state index contributed by atoms with van der Waals surface area (Å²) in [6.07, 6.45) is 0. The van der Waals surface area contributed by atoms with E-state index in [2.05, 4.69) is 60.8 Å². The van der Waals surface area contributed by atoms with Crippen molar-refractivity contribution in [3.8, 4) is 0 Å². The largest absolute Gasteiger partial charge is 0.306 e. The van der Waals surface area contributed by atoms with Crippen LogP contribution in [0.3, 0.4) is 0 Å². The maximum Gasteiger partial charge on any atom is 0.0931 e. The Morgan fingerprint density at radius 3 is 2.55 bits per heavy atom. The molecule has 20 heavy (non-hydrogen) atoms. The van der Waals surface area contributed by atoms with Gasteiger partial charge in [0.1, 0.15) is 0 Å². The van der Waals surface area contributed by atoms with Crippen LogP contribution in [0.2, 0.25) is 4.34 Å². The molecule has 1 heterocycles. The highest BCUT2D eigenvalue weighted by Gasteiger charge is 2.15. The van der Waals surface area contributed by atoms with E-state index in [0.717, 1.165) is 10.9 Å². The van der Waals surface area contributed by atoms with Crippen molar-refractivity contribution in [2.24, 2.45) is 0 Å². The Labute approximate surface area is 128 Å². The molecular weight excluding hydrogens is 286 g/mol. The topological polar surface area (TPSA) is 12.0 Å². The first-order valence-corrected chi connectivity index (χ1v) is 7.94. The molecule has 0 aliphatic rings. The van der Waals surface area contributed by atoms with Crippen LogP contribution in [0.25, 0.3) is 10.8 Å². The highest BCUT2D eigenvalue weighted by atomic mass is 35.5. The average molecular weight is 302 g/mol. The molecule has 3 aromatic rings. The van der Waals surface area contributed by atoms with E-state index >= 15 is 0 Å². The van der Waals surface area contributed by atoms with E-state index in [4.69, 9.17) is 11.6 Å². The Kier molecular flexibility index (Phi) is 4.06. The van der Waals surface area contributed by atoms with E-state index in [0.29, 0.717) is 0 Å². The molecular formula is C17H16ClNS. The third-order valence-electron chi connectivity index (χ3n) is 3.39. The van der Waals surface area contributed by atoms with Gasteiger partial charge in [-0.15, -0.1) is 11.3 Å². The van der Waals surface area contributed by atoms with E-state index in [9.17, 15) is 0 Å². The van der Waals surface area contributed by atoms with Crippen LogP contribution in [0.5, 0.6) is 0 Å². The molecule has 0 saturated heterocycles. The summed E-state index contributed by atoms with van der Waals surface area (Å²) >= 11 is 7.72. The van der Waals surface area contributed by atoms with Gasteiger partial charge in [0.05, 0.1) is 10.4 Å². The fourth-order valence-corrected chi connectivity index (χ4v) is 3.62. The summed E-state index contributed by atoms with van der Waals surface area (Å²) in [4.78, 5) is 1.26. The van der Waals surface area contributed by atoms with E-state index < -0.39 is 0 Å². The number of nitrogens with one attached hydrogen (secondary N) is 1. The highest BCUT2D eigenvalue weighted by Crippen LogP contribution is 2.32. The van der Waals surface area contributed by atoms with Gasteiger partial charge < -0.3 is 5.32 Å². The molecule has 1 N–H and O–H groups in total. The smallest absolute Gasteiger partial charge is 0.0931 e. The van der Waals surface area contributed by atoms with Crippen molar-refractivity contribution in [1.82, 2.24) is 5.32 Å². The van der Waals surface area contributed by atoms with E-state index in [-0.39, 0.29) is 6.04 Å². The van der Waals surface area contributed by atoms with Crippen LogP contribution >= 0.6 is 22.9 Å². The lowest BCUT2D eigenvalue weighted by Gasteiger charge is -2.17. The van der Waals surface area contributed by atoms with Crippen LogP contribution < -0.4 is 5.32 Å². The zero-order valence-electron chi connectivity index (χ0n) is 11.3. The van der Waals surface area contributed by atoms with Gasteiger partial charge in [0, 0.05) is 4.88 Å². The molecule has 102 valence electrons. The summed E-state index contributed by atoms with van der Waals surface area (Å²) in [5.41, 5.74) is 1.28. The number of halogens is 1.